The molecule has 0 aliphatic rings. The van der Waals surface area contributed by atoms with Gasteiger partial charge in [-0.2, -0.15) is 5.10 Å². The van der Waals surface area contributed by atoms with Crippen LogP contribution >= 0.6 is 11.3 Å². The quantitative estimate of drug-likeness (QED) is 0.784. The van der Waals surface area contributed by atoms with Crippen LogP contribution in [0.3, 0.4) is 0 Å². The van der Waals surface area contributed by atoms with E-state index >= 15 is 0 Å². The maximum atomic E-state index is 12.1. The summed E-state index contributed by atoms with van der Waals surface area (Å²) < 4.78 is 3.86. The predicted octanol–water partition coefficient (Wildman–Crippen LogP) is 2.20. The zero-order valence-electron chi connectivity index (χ0n) is 13.0. The van der Waals surface area contributed by atoms with Gasteiger partial charge in [0.25, 0.3) is 5.91 Å². The van der Waals surface area contributed by atoms with Crippen LogP contribution in [0, 0.1) is 13.8 Å². The highest BCUT2D eigenvalue weighted by atomic mass is 32.1. The molecule has 116 valence electrons. The molecule has 1 amide bonds. The smallest absolute Gasteiger partial charge is 0.271 e. The molecule has 3 aromatic rings. The molecule has 3 heterocycles. The zero-order chi connectivity index (χ0) is 15.7. The Hall–Kier alpha value is -2.15. The Kier molecular flexibility index (Phi) is 3.98. The summed E-state index contributed by atoms with van der Waals surface area (Å²) in [5.74, 6) is -0.130. The highest BCUT2D eigenvalue weighted by Crippen LogP contribution is 2.14. The second-order valence-corrected chi connectivity index (χ2v) is 6.06. The van der Waals surface area contributed by atoms with Crippen LogP contribution in [0.1, 0.15) is 34.4 Å². The summed E-state index contributed by atoms with van der Waals surface area (Å²) in [5, 5.41) is 9.37. The zero-order valence-corrected chi connectivity index (χ0v) is 13.8. The number of aryl methyl sites for hydroxylation is 2. The van der Waals surface area contributed by atoms with Gasteiger partial charge in [0.15, 0.2) is 4.96 Å². The Morgan fingerprint density at radius 3 is 2.91 bits per heavy atom. The molecule has 3 aromatic heterocycles. The topological polar surface area (TPSA) is 64.2 Å². The molecule has 0 saturated carbocycles. The molecule has 0 saturated heterocycles. The Bertz CT molecular complexity index is 785. The van der Waals surface area contributed by atoms with Crippen molar-refractivity contribution in [1.82, 2.24) is 24.5 Å². The van der Waals surface area contributed by atoms with Crippen molar-refractivity contribution in [2.24, 2.45) is 0 Å². The second kappa shape index (κ2) is 5.92. The summed E-state index contributed by atoms with van der Waals surface area (Å²) in [4.78, 5) is 17.3. The molecular weight excluding hydrogens is 298 g/mol. The number of nitrogens with one attached hydrogen (secondary N) is 1. The fourth-order valence-electron chi connectivity index (χ4n) is 2.63. The number of amides is 1. The van der Waals surface area contributed by atoms with Crippen LogP contribution in [-0.2, 0) is 13.0 Å². The fraction of sp³-hybridized carbons (Fsp3) is 0.400. The van der Waals surface area contributed by atoms with Gasteiger partial charge in [-0.15, -0.1) is 11.3 Å². The minimum absolute atomic E-state index is 0.130. The molecule has 0 aliphatic carbocycles. The van der Waals surface area contributed by atoms with Crippen molar-refractivity contribution >= 4 is 22.2 Å². The average Bonchev–Trinajstić information content (AvgIpc) is 3.15. The van der Waals surface area contributed by atoms with E-state index in [0.717, 1.165) is 23.6 Å². The number of carbonyl (C=O) groups is 1. The molecule has 0 aliphatic heterocycles. The van der Waals surface area contributed by atoms with E-state index in [9.17, 15) is 4.79 Å². The van der Waals surface area contributed by atoms with Crippen molar-refractivity contribution in [3.8, 4) is 0 Å². The van der Waals surface area contributed by atoms with E-state index in [-0.39, 0.29) is 5.91 Å². The van der Waals surface area contributed by atoms with E-state index in [1.807, 2.05) is 27.6 Å². The van der Waals surface area contributed by atoms with Crippen LogP contribution in [0.15, 0.2) is 17.8 Å². The van der Waals surface area contributed by atoms with E-state index < -0.39 is 0 Å². The van der Waals surface area contributed by atoms with E-state index in [4.69, 9.17) is 0 Å². The summed E-state index contributed by atoms with van der Waals surface area (Å²) in [6.07, 6.45) is 4.44. The van der Waals surface area contributed by atoms with E-state index in [0.29, 0.717) is 12.2 Å². The lowest BCUT2D eigenvalue weighted by Gasteiger charge is -2.04. The van der Waals surface area contributed by atoms with Gasteiger partial charge < -0.3 is 5.32 Å². The van der Waals surface area contributed by atoms with E-state index in [1.54, 1.807) is 6.20 Å². The summed E-state index contributed by atoms with van der Waals surface area (Å²) in [7, 11) is 0. The number of carbonyl (C=O) groups excluding carboxylic acids is 1. The first kappa shape index (κ1) is 14.8. The maximum absolute atomic E-state index is 12.1. The van der Waals surface area contributed by atoms with Crippen molar-refractivity contribution < 1.29 is 4.79 Å². The molecule has 0 spiro atoms. The Labute approximate surface area is 132 Å². The normalized spacial score (nSPS) is 11.2. The molecule has 3 rings (SSSR count). The van der Waals surface area contributed by atoms with Gasteiger partial charge in [-0.3, -0.25) is 13.9 Å². The summed E-state index contributed by atoms with van der Waals surface area (Å²) >= 11 is 1.52. The molecule has 0 aromatic carbocycles. The van der Waals surface area contributed by atoms with Gasteiger partial charge in [0.05, 0.1) is 5.69 Å². The second-order valence-electron chi connectivity index (χ2n) is 5.19. The van der Waals surface area contributed by atoms with Crippen molar-refractivity contribution in [3.63, 3.8) is 0 Å². The van der Waals surface area contributed by atoms with Crippen LogP contribution in [-0.4, -0.2) is 31.6 Å². The van der Waals surface area contributed by atoms with E-state index in [2.05, 4.69) is 29.2 Å². The van der Waals surface area contributed by atoms with Crippen LogP contribution in [0.4, 0.5) is 0 Å². The number of thiazole rings is 1. The third-order valence-corrected chi connectivity index (χ3v) is 4.59. The maximum Gasteiger partial charge on any atom is 0.271 e. The molecule has 0 radical (unpaired) electrons. The Balaban J connectivity index is 1.62. The molecular formula is C15H19N5OS. The van der Waals surface area contributed by atoms with Gasteiger partial charge in [-0.25, -0.2) is 4.98 Å². The molecule has 22 heavy (non-hydrogen) atoms. The summed E-state index contributed by atoms with van der Waals surface area (Å²) in [6, 6.07) is 0. The van der Waals surface area contributed by atoms with Crippen molar-refractivity contribution in [3.05, 3.63) is 40.4 Å². The number of fused-ring (bicyclic) bond motifs is 1. The Morgan fingerprint density at radius 1 is 1.41 bits per heavy atom. The minimum Gasteiger partial charge on any atom is -0.350 e. The first-order valence-electron chi connectivity index (χ1n) is 7.33. The highest BCUT2D eigenvalue weighted by Gasteiger charge is 2.13. The van der Waals surface area contributed by atoms with Crippen LogP contribution in [0.5, 0.6) is 0 Å². The Morgan fingerprint density at radius 2 is 2.23 bits per heavy atom. The van der Waals surface area contributed by atoms with Crippen molar-refractivity contribution in [1.29, 1.82) is 0 Å². The van der Waals surface area contributed by atoms with Gasteiger partial charge in [0, 0.05) is 36.6 Å². The summed E-state index contributed by atoms with van der Waals surface area (Å²) in [5.41, 5.74) is 3.89. The van der Waals surface area contributed by atoms with Crippen LogP contribution in [0.2, 0.25) is 0 Å². The fourth-order valence-corrected chi connectivity index (χ4v) is 3.33. The standard InChI is InChI=1S/C15H19N5OS/c1-4-20-11(3)12(10(2)18-20)5-6-16-14(21)13-9-19-7-8-22-15(19)17-13/h7-9H,4-6H2,1-3H3,(H,16,21). The number of hydrogen-bond acceptors (Lipinski definition) is 4. The minimum atomic E-state index is -0.130. The summed E-state index contributed by atoms with van der Waals surface area (Å²) in [6.45, 7) is 7.62. The first-order valence-corrected chi connectivity index (χ1v) is 8.21. The van der Waals surface area contributed by atoms with E-state index in [1.165, 1.54) is 22.6 Å². The van der Waals surface area contributed by atoms with Gasteiger partial charge in [0.1, 0.15) is 5.69 Å². The third-order valence-electron chi connectivity index (χ3n) is 3.82. The molecule has 6 nitrogen and oxygen atoms in total. The largest absolute Gasteiger partial charge is 0.350 e. The molecule has 0 fully saturated rings. The van der Waals surface area contributed by atoms with Gasteiger partial charge in [0.2, 0.25) is 0 Å². The number of imidazole rings is 1. The van der Waals surface area contributed by atoms with Crippen molar-refractivity contribution in [2.75, 3.05) is 6.54 Å². The number of nitrogens with zero attached hydrogens (tertiary/aromatic N) is 4. The lowest BCUT2D eigenvalue weighted by molar-refractivity contribution is 0.0949. The first-order chi connectivity index (χ1) is 10.6. The number of aromatic nitrogens is 4. The van der Waals surface area contributed by atoms with Crippen LogP contribution < -0.4 is 5.32 Å². The average molecular weight is 317 g/mol. The monoisotopic (exact) mass is 317 g/mol. The predicted molar refractivity (Wildman–Crippen MR) is 86.5 cm³/mol. The number of rotatable bonds is 5. The molecule has 7 heteroatoms. The SMILES string of the molecule is CCn1nc(C)c(CCNC(=O)c2cn3ccsc3n2)c1C. The van der Waals surface area contributed by atoms with Gasteiger partial charge in [-0.1, -0.05) is 0 Å². The molecule has 1 N–H and O–H groups in total. The molecule has 0 atom stereocenters. The lowest BCUT2D eigenvalue weighted by Crippen LogP contribution is -2.26. The third kappa shape index (κ3) is 2.64. The van der Waals surface area contributed by atoms with Crippen LogP contribution in [0.25, 0.3) is 4.96 Å². The molecule has 0 bridgehead atoms. The molecule has 0 unspecified atom stereocenters. The highest BCUT2D eigenvalue weighted by molar-refractivity contribution is 7.15. The number of hydrogen-bond donors (Lipinski definition) is 1. The van der Waals surface area contributed by atoms with Gasteiger partial charge >= 0.3 is 0 Å². The van der Waals surface area contributed by atoms with Crippen molar-refractivity contribution in [2.45, 2.75) is 33.7 Å². The van der Waals surface area contributed by atoms with Gasteiger partial charge in [-0.05, 0) is 32.8 Å². The lowest BCUT2D eigenvalue weighted by atomic mass is 10.1.